The van der Waals surface area contributed by atoms with Gasteiger partial charge in [-0.25, -0.2) is 0 Å². The predicted octanol–water partition coefficient (Wildman–Crippen LogP) is 4.37. The number of methoxy groups -OCH3 is 1. The lowest BCUT2D eigenvalue weighted by atomic mass is 9.98. The van der Waals surface area contributed by atoms with Gasteiger partial charge >= 0.3 is 0 Å². The Labute approximate surface area is 159 Å². The average molecular weight is 361 g/mol. The van der Waals surface area contributed by atoms with Gasteiger partial charge < -0.3 is 14.8 Å². The first kappa shape index (κ1) is 18.5. The average Bonchev–Trinajstić information content (AvgIpc) is 2.73. The van der Waals surface area contributed by atoms with Gasteiger partial charge in [0.1, 0.15) is 0 Å². The predicted molar refractivity (Wildman–Crippen MR) is 106 cm³/mol. The summed E-state index contributed by atoms with van der Waals surface area (Å²) in [7, 11) is 1.58. The van der Waals surface area contributed by atoms with Crippen LogP contribution in [0.25, 0.3) is 0 Å². The highest BCUT2D eigenvalue weighted by Crippen LogP contribution is 2.27. The van der Waals surface area contributed by atoms with Crippen LogP contribution in [0.5, 0.6) is 11.5 Å². The topological polar surface area (TPSA) is 47.6 Å². The smallest absolute Gasteiger partial charge is 0.261 e. The first-order valence-electron chi connectivity index (χ1n) is 8.89. The third kappa shape index (κ3) is 4.67. The molecule has 1 amide bonds. The number of benzene rings is 3. The molecule has 3 aromatic rings. The van der Waals surface area contributed by atoms with Crippen LogP contribution in [0, 0.1) is 0 Å². The summed E-state index contributed by atoms with van der Waals surface area (Å²) in [5.41, 5.74) is 2.03. The minimum absolute atomic E-state index is 0.196. The van der Waals surface area contributed by atoms with Gasteiger partial charge in [-0.15, -0.1) is 0 Å². The van der Waals surface area contributed by atoms with Gasteiger partial charge in [-0.1, -0.05) is 72.8 Å². The van der Waals surface area contributed by atoms with Gasteiger partial charge in [0, 0.05) is 0 Å². The maximum atomic E-state index is 12.8. The summed E-state index contributed by atoms with van der Waals surface area (Å²) in [6, 6.07) is 26.8. The first-order chi connectivity index (χ1) is 13.2. The van der Waals surface area contributed by atoms with Crippen molar-refractivity contribution in [3.05, 3.63) is 96.1 Å². The largest absolute Gasteiger partial charge is 0.493 e. The molecule has 1 N–H and O–H groups in total. The Balaban J connectivity index is 1.78. The summed E-state index contributed by atoms with van der Waals surface area (Å²) in [4.78, 5) is 12.8. The molecule has 4 nitrogen and oxygen atoms in total. The number of carbonyl (C=O) groups excluding carboxylic acids is 1. The lowest BCUT2D eigenvalue weighted by molar-refractivity contribution is -0.127. The molecule has 0 aliphatic carbocycles. The number of rotatable bonds is 7. The Morgan fingerprint density at radius 2 is 1.26 bits per heavy atom. The molecule has 138 valence electrons. The number of amides is 1. The van der Waals surface area contributed by atoms with E-state index in [1.807, 2.05) is 72.8 Å². The summed E-state index contributed by atoms with van der Waals surface area (Å²) < 4.78 is 11.1. The van der Waals surface area contributed by atoms with Crippen LogP contribution in [0.4, 0.5) is 0 Å². The second kappa shape index (κ2) is 8.90. The molecule has 0 aliphatic heterocycles. The second-order valence-electron chi connectivity index (χ2n) is 6.17. The lowest BCUT2D eigenvalue weighted by Crippen LogP contribution is -2.39. The Bertz CT molecular complexity index is 826. The molecule has 0 unspecified atom stereocenters. The molecule has 0 saturated heterocycles. The van der Waals surface area contributed by atoms with Crippen molar-refractivity contribution in [2.24, 2.45) is 0 Å². The Morgan fingerprint density at radius 3 is 1.78 bits per heavy atom. The Kier molecular flexibility index (Phi) is 6.10. The fraction of sp³-hybridized carbons (Fsp3) is 0.174. The number of hydrogen-bond acceptors (Lipinski definition) is 3. The van der Waals surface area contributed by atoms with E-state index in [4.69, 9.17) is 9.47 Å². The number of para-hydroxylation sites is 2. The molecule has 1 atom stereocenters. The van der Waals surface area contributed by atoms with Crippen molar-refractivity contribution >= 4 is 5.91 Å². The molecule has 0 heterocycles. The molecule has 0 spiro atoms. The zero-order valence-electron chi connectivity index (χ0n) is 15.5. The van der Waals surface area contributed by atoms with Gasteiger partial charge in [0.05, 0.1) is 13.2 Å². The number of hydrogen-bond donors (Lipinski definition) is 1. The van der Waals surface area contributed by atoms with Gasteiger partial charge in [-0.05, 0) is 30.2 Å². The van der Waals surface area contributed by atoms with Crippen molar-refractivity contribution < 1.29 is 14.3 Å². The molecule has 4 heteroatoms. The summed E-state index contributed by atoms with van der Waals surface area (Å²) in [6.07, 6.45) is -0.670. The summed E-state index contributed by atoms with van der Waals surface area (Å²) in [5.74, 6) is 0.942. The molecule has 3 aromatic carbocycles. The maximum absolute atomic E-state index is 12.8. The summed E-state index contributed by atoms with van der Waals surface area (Å²) >= 11 is 0. The van der Waals surface area contributed by atoms with Crippen LogP contribution in [0.3, 0.4) is 0 Å². The molecule has 0 aliphatic rings. The van der Waals surface area contributed by atoms with Gasteiger partial charge in [-0.3, -0.25) is 4.79 Å². The SMILES string of the molecule is COc1ccccc1O[C@@H](C)C(=O)NC(c1ccccc1)c1ccccc1. The van der Waals surface area contributed by atoms with E-state index in [2.05, 4.69) is 5.32 Å². The van der Waals surface area contributed by atoms with Crippen LogP contribution in [0.2, 0.25) is 0 Å². The summed E-state index contributed by atoms with van der Waals surface area (Å²) in [6.45, 7) is 1.73. The van der Waals surface area contributed by atoms with E-state index >= 15 is 0 Å². The van der Waals surface area contributed by atoms with E-state index in [-0.39, 0.29) is 11.9 Å². The molecule has 0 fully saturated rings. The van der Waals surface area contributed by atoms with Crippen molar-refractivity contribution in [2.75, 3.05) is 7.11 Å². The number of ether oxygens (including phenoxy) is 2. The molecule has 0 saturated carbocycles. The molecule has 0 radical (unpaired) electrons. The van der Waals surface area contributed by atoms with Gasteiger partial charge in [0.2, 0.25) is 0 Å². The van der Waals surface area contributed by atoms with Gasteiger partial charge in [0.15, 0.2) is 17.6 Å². The molecule has 0 aromatic heterocycles. The van der Waals surface area contributed by atoms with Crippen molar-refractivity contribution in [3.8, 4) is 11.5 Å². The molecular weight excluding hydrogens is 338 g/mol. The minimum atomic E-state index is -0.670. The minimum Gasteiger partial charge on any atom is -0.493 e. The highest BCUT2D eigenvalue weighted by Gasteiger charge is 2.22. The Hall–Kier alpha value is -3.27. The highest BCUT2D eigenvalue weighted by molar-refractivity contribution is 5.81. The van der Waals surface area contributed by atoms with Crippen LogP contribution in [0.1, 0.15) is 24.1 Å². The second-order valence-corrected chi connectivity index (χ2v) is 6.17. The lowest BCUT2D eigenvalue weighted by Gasteiger charge is -2.23. The van der Waals surface area contributed by atoms with E-state index in [9.17, 15) is 4.79 Å². The molecule has 3 rings (SSSR count). The van der Waals surface area contributed by atoms with E-state index in [1.54, 1.807) is 26.2 Å². The zero-order valence-corrected chi connectivity index (χ0v) is 15.5. The fourth-order valence-corrected chi connectivity index (χ4v) is 2.87. The quantitative estimate of drug-likeness (QED) is 0.680. The maximum Gasteiger partial charge on any atom is 0.261 e. The van der Waals surface area contributed by atoms with Crippen molar-refractivity contribution in [3.63, 3.8) is 0 Å². The molecular formula is C23H23NO3. The van der Waals surface area contributed by atoms with Gasteiger partial charge in [0.25, 0.3) is 5.91 Å². The van der Waals surface area contributed by atoms with Crippen LogP contribution < -0.4 is 14.8 Å². The number of nitrogens with one attached hydrogen (secondary N) is 1. The van der Waals surface area contributed by atoms with E-state index in [0.717, 1.165) is 11.1 Å². The third-order valence-corrected chi connectivity index (χ3v) is 4.29. The number of carbonyl (C=O) groups is 1. The van der Waals surface area contributed by atoms with E-state index in [1.165, 1.54) is 0 Å². The van der Waals surface area contributed by atoms with Crippen molar-refractivity contribution in [1.29, 1.82) is 0 Å². The van der Waals surface area contributed by atoms with Crippen molar-refractivity contribution in [1.82, 2.24) is 5.32 Å². The highest BCUT2D eigenvalue weighted by atomic mass is 16.5. The first-order valence-corrected chi connectivity index (χ1v) is 8.89. The Morgan fingerprint density at radius 1 is 0.778 bits per heavy atom. The third-order valence-electron chi connectivity index (χ3n) is 4.29. The normalized spacial score (nSPS) is 11.7. The van der Waals surface area contributed by atoms with Crippen LogP contribution >= 0.6 is 0 Å². The molecule has 0 bridgehead atoms. The zero-order chi connectivity index (χ0) is 19.1. The van der Waals surface area contributed by atoms with Crippen molar-refractivity contribution in [2.45, 2.75) is 19.1 Å². The molecule has 27 heavy (non-hydrogen) atoms. The van der Waals surface area contributed by atoms with Gasteiger partial charge in [-0.2, -0.15) is 0 Å². The fourth-order valence-electron chi connectivity index (χ4n) is 2.87. The van der Waals surface area contributed by atoms with Crippen LogP contribution in [0.15, 0.2) is 84.9 Å². The van der Waals surface area contributed by atoms with Crippen LogP contribution in [-0.4, -0.2) is 19.1 Å². The summed E-state index contributed by atoms with van der Waals surface area (Å²) in [5, 5.41) is 3.10. The van der Waals surface area contributed by atoms with E-state index in [0.29, 0.717) is 11.5 Å². The standard InChI is InChI=1S/C23H23NO3/c1-17(27-21-16-10-9-15-20(21)26-2)23(25)24-22(18-11-5-3-6-12-18)19-13-7-4-8-14-19/h3-17,22H,1-2H3,(H,24,25)/t17-/m0/s1. The van der Waals surface area contributed by atoms with E-state index < -0.39 is 6.10 Å². The monoisotopic (exact) mass is 361 g/mol. The van der Waals surface area contributed by atoms with Crippen LogP contribution in [-0.2, 0) is 4.79 Å².